The second kappa shape index (κ2) is 7.32. The Morgan fingerprint density at radius 2 is 1.89 bits per heavy atom. The number of hydrogen-bond donors (Lipinski definition) is 2. The van der Waals surface area contributed by atoms with Crippen LogP contribution < -0.4 is 11.1 Å². The maximum Gasteiger partial charge on any atom is 0.240 e. The van der Waals surface area contributed by atoms with Crippen molar-refractivity contribution in [3.05, 3.63) is 76.9 Å². The van der Waals surface area contributed by atoms with E-state index in [9.17, 15) is 4.79 Å². The molecule has 0 unspecified atom stereocenters. The molecular formula is C21H18ClN5O. The zero-order chi connectivity index (χ0) is 19.7. The summed E-state index contributed by atoms with van der Waals surface area (Å²) in [4.78, 5) is 16.5. The molecule has 3 N–H and O–H groups in total. The number of nitrogens with zero attached hydrogens (tertiary/aromatic N) is 3. The lowest BCUT2D eigenvalue weighted by molar-refractivity contribution is -0.115. The molecule has 2 aromatic carbocycles. The number of benzene rings is 2. The van der Waals surface area contributed by atoms with Gasteiger partial charge in [-0.05, 0) is 53.4 Å². The Labute approximate surface area is 167 Å². The number of amides is 1. The van der Waals surface area contributed by atoms with Gasteiger partial charge >= 0.3 is 0 Å². The summed E-state index contributed by atoms with van der Waals surface area (Å²) in [5.41, 5.74) is 10.9. The van der Waals surface area contributed by atoms with E-state index in [4.69, 9.17) is 17.3 Å². The molecule has 0 aliphatic carbocycles. The van der Waals surface area contributed by atoms with Crippen molar-refractivity contribution in [2.45, 2.75) is 13.3 Å². The minimum absolute atomic E-state index is 0.0898. The topological polar surface area (TPSA) is 85.3 Å². The molecule has 0 aliphatic rings. The van der Waals surface area contributed by atoms with Gasteiger partial charge in [0.25, 0.3) is 0 Å². The predicted octanol–water partition coefficient (Wildman–Crippen LogP) is 4.12. The van der Waals surface area contributed by atoms with Gasteiger partial charge in [0.15, 0.2) is 5.65 Å². The number of halogens is 1. The number of carbonyl (C=O) groups is 1. The van der Waals surface area contributed by atoms with E-state index < -0.39 is 0 Å². The Morgan fingerprint density at radius 3 is 2.64 bits per heavy atom. The second-order valence-electron chi connectivity index (χ2n) is 6.57. The molecular weight excluding hydrogens is 374 g/mol. The molecule has 0 fully saturated rings. The summed E-state index contributed by atoms with van der Waals surface area (Å²) in [5.74, 6) is 0.154. The molecule has 7 heteroatoms. The standard InChI is InChI=1S/C21H18ClN5O/c1-13-2-7-17(12-18(13)22)24-20(28)10-14-3-5-15(6-4-14)16-8-9-27-19(11-16)25-21(23)26-27/h2-9,11-12H,10H2,1H3,(H2,23,26)(H,24,28). The van der Waals surface area contributed by atoms with E-state index >= 15 is 0 Å². The van der Waals surface area contributed by atoms with Crippen molar-refractivity contribution in [2.75, 3.05) is 11.1 Å². The number of rotatable bonds is 4. The van der Waals surface area contributed by atoms with Crippen LogP contribution in [0.4, 0.5) is 11.6 Å². The first kappa shape index (κ1) is 18.0. The maximum absolute atomic E-state index is 12.3. The third-order valence-electron chi connectivity index (χ3n) is 4.46. The molecule has 4 rings (SSSR count). The smallest absolute Gasteiger partial charge is 0.240 e. The Hall–Kier alpha value is -3.38. The van der Waals surface area contributed by atoms with Crippen molar-refractivity contribution >= 4 is 34.8 Å². The molecule has 4 aromatic rings. The Morgan fingerprint density at radius 1 is 1.11 bits per heavy atom. The molecule has 0 aliphatic heterocycles. The monoisotopic (exact) mass is 391 g/mol. The summed E-state index contributed by atoms with van der Waals surface area (Å²) in [6.45, 7) is 1.92. The van der Waals surface area contributed by atoms with Gasteiger partial charge in [0.2, 0.25) is 11.9 Å². The molecule has 0 atom stereocenters. The molecule has 0 saturated carbocycles. The lowest BCUT2D eigenvalue weighted by Gasteiger charge is -2.08. The van der Waals surface area contributed by atoms with E-state index in [-0.39, 0.29) is 18.3 Å². The largest absolute Gasteiger partial charge is 0.366 e. The van der Waals surface area contributed by atoms with E-state index in [1.54, 1.807) is 10.6 Å². The summed E-state index contributed by atoms with van der Waals surface area (Å²) in [6, 6.07) is 17.2. The van der Waals surface area contributed by atoms with E-state index in [2.05, 4.69) is 15.4 Å². The number of fused-ring (bicyclic) bond motifs is 1. The predicted molar refractivity (Wildman–Crippen MR) is 111 cm³/mol. The Balaban J connectivity index is 1.46. The molecule has 1 amide bonds. The van der Waals surface area contributed by atoms with Crippen molar-refractivity contribution in [3.8, 4) is 11.1 Å². The second-order valence-corrected chi connectivity index (χ2v) is 6.98. The van der Waals surface area contributed by atoms with Crippen molar-refractivity contribution in [2.24, 2.45) is 0 Å². The van der Waals surface area contributed by atoms with Crippen LogP contribution in [0.25, 0.3) is 16.8 Å². The van der Waals surface area contributed by atoms with Gasteiger partial charge in [0, 0.05) is 16.9 Å². The van der Waals surface area contributed by atoms with Gasteiger partial charge in [-0.2, -0.15) is 4.98 Å². The van der Waals surface area contributed by atoms with Gasteiger partial charge in [-0.1, -0.05) is 41.9 Å². The minimum atomic E-state index is -0.0898. The number of hydrogen-bond acceptors (Lipinski definition) is 4. The Bertz CT molecular complexity index is 1170. The van der Waals surface area contributed by atoms with Gasteiger partial charge in [-0.3, -0.25) is 4.79 Å². The van der Waals surface area contributed by atoms with Crippen LogP contribution in [0.15, 0.2) is 60.8 Å². The lowest BCUT2D eigenvalue weighted by Crippen LogP contribution is -2.14. The normalized spacial score (nSPS) is 10.9. The van der Waals surface area contributed by atoms with Crippen LogP contribution in [-0.2, 0) is 11.2 Å². The maximum atomic E-state index is 12.3. The van der Waals surface area contributed by atoms with Crippen molar-refractivity contribution in [1.29, 1.82) is 0 Å². The molecule has 28 heavy (non-hydrogen) atoms. The van der Waals surface area contributed by atoms with Gasteiger partial charge in [0.1, 0.15) is 0 Å². The summed E-state index contributed by atoms with van der Waals surface area (Å²) in [5, 5.41) is 7.58. The molecule has 0 spiro atoms. The van der Waals surface area contributed by atoms with Crippen molar-refractivity contribution in [1.82, 2.24) is 14.6 Å². The van der Waals surface area contributed by atoms with E-state index in [1.165, 1.54) is 0 Å². The van der Waals surface area contributed by atoms with Crippen LogP contribution in [0.3, 0.4) is 0 Å². The highest BCUT2D eigenvalue weighted by Gasteiger charge is 2.07. The number of nitrogens with two attached hydrogens (primary N) is 1. The lowest BCUT2D eigenvalue weighted by atomic mass is 10.0. The number of aromatic nitrogens is 3. The Kier molecular flexibility index (Phi) is 4.71. The molecule has 2 aromatic heterocycles. The summed E-state index contributed by atoms with van der Waals surface area (Å²) >= 11 is 6.10. The van der Waals surface area contributed by atoms with Crippen LogP contribution in [-0.4, -0.2) is 20.5 Å². The average Bonchev–Trinajstić information content (AvgIpc) is 3.04. The van der Waals surface area contributed by atoms with Crippen molar-refractivity contribution < 1.29 is 4.79 Å². The number of anilines is 2. The highest BCUT2D eigenvalue weighted by Crippen LogP contribution is 2.22. The van der Waals surface area contributed by atoms with Crippen LogP contribution in [0, 0.1) is 6.92 Å². The highest BCUT2D eigenvalue weighted by atomic mass is 35.5. The van der Waals surface area contributed by atoms with Crippen LogP contribution >= 0.6 is 11.6 Å². The van der Waals surface area contributed by atoms with Gasteiger partial charge < -0.3 is 11.1 Å². The van der Waals surface area contributed by atoms with Gasteiger partial charge in [0.05, 0.1) is 6.42 Å². The number of pyridine rings is 1. The average molecular weight is 392 g/mol. The van der Waals surface area contributed by atoms with Crippen LogP contribution in [0.2, 0.25) is 5.02 Å². The third kappa shape index (κ3) is 3.82. The van der Waals surface area contributed by atoms with Crippen molar-refractivity contribution in [3.63, 3.8) is 0 Å². The summed E-state index contributed by atoms with van der Waals surface area (Å²) < 4.78 is 1.63. The fourth-order valence-corrected chi connectivity index (χ4v) is 3.14. The van der Waals surface area contributed by atoms with Crippen LogP contribution in [0.1, 0.15) is 11.1 Å². The quantitative estimate of drug-likeness (QED) is 0.548. The minimum Gasteiger partial charge on any atom is -0.366 e. The summed E-state index contributed by atoms with van der Waals surface area (Å²) in [7, 11) is 0. The molecule has 0 saturated heterocycles. The highest BCUT2D eigenvalue weighted by molar-refractivity contribution is 6.31. The van der Waals surface area contributed by atoms with E-state index in [0.717, 1.165) is 22.3 Å². The fourth-order valence-electron chi connectivity index (χ4n) is 2.95. The first-order chi connectivity index (χ1) is 13.5. The SMILES string of the molecule is Cc1ccc(NC(=O)Cc2ccc(-c3ccn4nc(N)nc4c3)cc2)cc1Cl. The molecule has 0 radical (unpaired) electrons. The molecule has 140 valence electrons. The summed E-state index contributed by atoms with van der Waals surface area (Å²) in [6.07, 6.45) is 2.10. The number of nitrogen functional groups attached to an aromatic ring is 1. The fraction of sp³-hybridized carbons (Fsp3) is 0.0952. The molecule has 0 bridgehead atoms. The zero-order valence-corrected chi connectivity index (χ0v) is 15.9. The number of carbonyl (C=O) groups excluding carboxylic acids is 1. The van der Waals surface area contributed by atoms with E-state index in [0.29, 0.717) is 16.4 Å². The van der Waals surface area contributed by atoms with Crippen LogP contribution in [0.5, 0.6) is 0 Å². The first-order valence-corrected chi connectivity index (χ1v) is 9.13. The van der Waals surface area contributed by atoms with Gasteiger partial charge in [-0.25, -0.2) is 4.52 Å². The third-order valence-corrected chi connectivity index (χ3v) is 4.87. The first-order valence-electron chi connectivity index (χ1n) is 8.75. The number of nitrogens with one attached hydrogen (secondary N) is 1. The zero-order valence-electron chi connectivity index (χ0n) is 15.2. The number of aryl methyl sites for hydroxylation is 1. The molecule has 6 nitrogen and oxygen atoms in total. The van der Waals surface area contributed by atoms with E-state index in [1.807, 2.05) is 61.7 Å². The van der Waals surface area contributed by atoms with Gasteiger partial charge in [-0.15, -0.1) is 5.10 Å². The molecule has 2 heterocycles.